The number of hydrogen-bond acceptors (Lipinski definition) is 0. The molecule has 0 aromatic heterocycles. The van der Waals surface area contributed by atoms with E-state index in [9.17, 15) is 13.2 Å². The zero-order valence-electron chi connectivity index (χ0n) is 6.36. The van der Waals surface area contributed by atoms with E-state index in [4.69, 9.17) is 0 Å². The van der Waals surface area contributed by atoms with Gasteiger partial charge in [-0.2, -0.15) is 13.2 Å². The minimum absolute atomic E-state index is 0.00926. The van der Waals surface area contributed by atoms with E-state index in [1.54, 1.807) is 0 Å². The first-order valence-electron chi connectivity index (χ1n) is 4.07. The Morgan fingerprint density at radius 1 is 1.09 bits per heavy atom. The van der Waals surface area contributed by atoms with Gasteiger partial charge >= 0.3 is 6.18 Å². The van der Waals surface area contributed by atoms with Gasteiger partial charge in [-0.15, -0.1) is 0 Å². The molecule has 0 spiro atoms. The Morgan fingerprint density at radius 3 is 1.91 bits per heavy atom. The number of fused-ring (bicyclic) bond motifs is 1. The van der Waals surface area contributed by atoms with Gasteiger partial charge in [-0.3, -0.25) is 0 Å². The second kappa shape index (κ2) is 1.93. The summed E-state index contributed by atoms with van der Waals surface area (Å²) in [6.45, 7) is 2.04. The maximum Gasteiger partial charge on any atom is 0.392 e. The molecule has 0 nitrogen and oxygen atoms in total. The van der Waals surface area contributed by atoms with Crippen LogP contribution < -0.4 is 0 Å². The lowest BCUT2D eigenvalue weighted by atomic mass is 10.0. The molecule has 0 amide bonds. The van der Waals surface area contributed by atoms with Crippen molar-refractivity contribution in [3.63, 3.8) is 0 Å². The van der Waals surface area contributed by atoms with Gasteiger partial charge in [0.1, 0.15) is 0 Å². The van der Waals surface area contributed by atoms with Gasteiger partial charge in [-0.1, -0.05) is 6.92 Å². The summed E-state index contributed by atoms with van der Waals surface area (Å²) in [4.78, 5) is 0. The fourth-order valence-electron chi connectivity index (χ4n) is 2.60. The van der Waals surface area contributed by atoms with Crippen molar-refractivity contribution in [3.8, 4) is 0 Å². The Bertz CT molecular complexity index is 161. The Kier molecular flexibility index (Phi) is 1.31. The molecule has 0 N–H and O–H groups in total. The van der Waals surface area contributed by atoms with E-state index < -0.39 is 12.1 Å². The van der Waals surface area contributed by atoms with Crippen molar-refractivity contribution in [3.05, 3.63) is 0 Å². The molecule has 2 rings (SSSR count). The molecule has 2 unspecified atom stereocenters. The molecule has 0 bridgehead atoms. The first-order chi connectivity index (χ1) is 5.00. The summed E-state index contributed by atoms with van der Waals surface area (Å²) >= 11 is 0. The van der Waals surface area contributed by atoms with Crippen molar-refractivity contribution in [2.24, 2.45) is 23.7 Å². The van der Waals surface area contributed by atoms with Crippen LogP contribution in [0.2, 0.25) is 0 Å². The van der Waals surface area contributed by atoms with Crippen LogP contribution in [0.5, 0.6) is 0 Å². The van der Waals surface area contributed by atoms with Crippen molar-refractivity contribution >= 4 is 0 Å². The summed E-state index contributed by atoms with van der Waals surface area (Å²) in [7, 11) is 0. The summed E-state index contributed by atoms with van der Waals surface area (Å²) in [5, 5.41) is 0. The lowest BCUT2D eigenvalue weighted by Crippen LogP contribution is -2.15. The van der Waals surface area contributed by atoms with Gasteiger partial charge in [-0.05, 0) is 30.6 Å². The van der Waals surface area contributed by atoms with Crippen LogP contribution in [0.1, 0.15) is 19.8 Å². The predicted octanol–water partition coefficient (Wildman–Crippen LogP) is 2.84. The average molecular weight is 164 g/mol. The van der Waals surface area contributed by atoms with Crippen molar-refractivity contribution in [2.45, 2.75) is 25.9 Å². The van der Waals surface area contributed by atoms with E-state index >= 15 is 0 Å². The average Bonchev–Trinajstić information content (AvgIpc) is 2.31. The largest absolute Gasteiger partial charge is 0.392 e. The minimum atomic E-state index is -3.91. The number of halogens is 3. The van der Waals surface area contributed by atoms with Gasteiger partial charge in [0.15, 0.2) is 0 Å². The Morgan fingerprint density at radius 2 is 1.55 bits per heavy atom. The molecule has 0 saturated heterocycles. The highest BCUT2D eigenvalue weighted by Crippen LogP contribution is 2.64. The van der Waals surface area contributed by atoms with E-state index in [1.165, 1.54) is 0 Å². The molecule has 2 atom stereocenters. The standard InChI is InChI=1S/C8H11F3/c1-4-2-5-6(3-4)7(5)8(9,10)11/h4-7H,2-3H2,1H3. The van der Waals surface area contributed by atoms with E-state index in [2.05, 4.69) is 0 Å². The molecule has 3 heteroatoms. The molecule has 2 aliphatic carbocycles. The van der Waals surface area contributed by atoms with Crippen LogP contribution in [-0.4, -0.2) is 6.18 Å². The van der Waals surface area contributed by atoms with E-state index in [0.29, 0.717) is 5.92 Å². The number of rotatable bonds is 0. The Labute approximate surface area is 63.8 Å². The maximum atomic E-state index is 12.1. The predicted molar refractivity (Wildman–Crippen MR) is 34.9 cm³/mol. The fraction of sp³-hybridized carbons (Fsp3) is 1.00. The van der Waals surface area contributed by atoms with E-state index in [0.717, 1.165) is 12.8 Å². The van der Waals surface area contributed by atoms with Gasteiger partial charge in [0, 0.05) is 0 Å². The quantitative estimate of drug-likeness (QED) is 0.516. The monoisotopic (exact) mass is 164 g/mol. The van der Waals surface area contributed by atoms with Crippen molar-refractivity contribution < 1.29 is 13.2 Å². The van der Waals surface area contributed by atoms with Crippen LogP contribution in [0.3, 0.4) is 0 Å². The first-order valence-corrected chi connectivity index (χ1v) is 4.07. The molecule has 64 valence electrons. The molecule has 2 saturated carbocycles. The molecule has 2 fully saturated rings. The van der Waals surface area contributed by atoms with E-state index in [1.807, 2.05) is 6.92 Å². The van der Waals surface area contributed by atoms with E-state index in [-0.39, 0.29) is 11.8 Å². The van der Waals surface area contributed by atoms with Crippen LogP contribution >= 0.6 is 0 Å². The first kappa shape index (κ1) is 7.44. The second-order valence-corrected chi connectivity index (χ2v) is 3.97. The van der Waals surface area contributed by atoms with Gasteiger partial charge in [0.25, 0.3) is 0 Å². The summed E-state index contributed by atoms with van der Waals surface area (Å²) in [6.07, 6.45) is -2.31. The SMILES string of the molecule is CC1CC2C(C1)C2C(F)(F)F. The summed E-state index contributed by atoms with van der Waals surface area (Å²) in [5.74, 6) is -0.419. The van der Waals surface area contributed by atoms with Gasteiger partial charge in [-0.25, -0.2) is 0 Å². The van der Waals surface area contributed by atoms with Crippen molar-refractivity contribution in [1.82, 2.24) is 0 Å². The summed E-state index contributed by atoms with van der Waals surface area (Å²) < 4.78 is 36.3. The van der Waals surface area contributed by atoms with Crippen LogP contribution in [0.4, 0.5) is 13.2 Å². The number of alkyl halides is 3. The maximum absolute atomic E-state index is 12.1. The van der Waals surface area contributed by atoms with Crippen molar-refractivity contribution in [1.29, 1.82) is 0 Å². The lowest BCUT2D eigenvalue weighted by molar-refractivity contribution is -0.156. The normalized spacial score (nSPS) is 49.1. The topological polar surface area (TPSA) is 0 Å². The highest BCUT2D eigenvalue weighted by molar-refractivity contribution is 5.06. The minimum Gasteiger partial charge on any atom is -0.171 e. The summed E-state index contributed by atoms with van der Waals surface area (Å²) in [6, 6.07) is 0. The Hall–Kier alpha value is -0.210. The molecule has 0 aromatic carbocycles. The molecule has 2 aliphatic rings. The zero-order valence-corrected chi connectivity index (χ0v) is 6.36. The smallest absolute Gasteiger partial charge is 0.171 e. The Balaban J connectivity index is 1.98. The van der Waals surface area contributed by atoms with Gasteiger partial charge < -0.3 is 0 Å². The van der Waals surface area contributed by atoms with Crippen LogP contribution in [-0.2, 0) is 0 Å². The van der Waals surface area contributed by atoms with Crippen LogP contribution in [0.15, 0.2) is 0 Å². The molecule has 0 heterocycles. The number of hydrogen-bond donors (Lipinski definition) is 0. The third-order valence-corrected chi connectivity index (χ3v) is 3.06. The molecule has 0 aliphatic heterocycles. The van der Waals surface area contributed by atoms with Crippen LogP contribution in [0.25, 0.3) is 0 Å². The zero-order chi connectivity index (χ0) is 8.22. The lowest BCUT2D eigenvalue weighted by Gasteiger charge is -2.10. The van der Waals surface area contributed by atoms with Gasteiger partial charge in [0.2, 0.25) is 0 Å². The molecule has 11 heavy (non-hydrogen) atoms. The van der Waals surface area contributed by atoms with Crippen molar-refractivity contribution in [2.75, 3.05) is 0 Å². The molecular weight excluding hydrogens is 153 g/mol. The third kappa shape index (κ3) is 1.05. The fourth-order valence-corrected chi connectivity index (χ4v) is 2.60. The second-order valence-electron chi connectivity index (χ2n) is 3.97. The molecule has 0 aromatic rings. The summed E-state index contributed by atoms with van der Waals surface area (Å²) in [5.41, 5.74) is 0. The van der Waals surface area contributed by atoms with Gasteiger partial charge in [0.05, 0.1) is 5.92 Å². The molecular formula is C8H11F3. The highest BCUT2D eigenvalue weighted by Gasteiger charge is 2.66. The molecule has 0 radical (unpaired) electrons. The highest BCUT2D eigenvalue weighted by atomic mass is 19.4. The third-order valence-electron chi connectivity index (χ3n) is 3.06. The van der Waals surface area contributed by atoms with Crippen LogP contribution in [0, 0.1) is 23.7 Å².